The van der Waals surface area contributed by atoms with E-state index < -0.39 is 0 Å². The molecule has 0 radical (unpaired) electrons. The largest absolute Gasteiger partial charge is 0.396 e. The molecule has 1 aromatic carbocycles. The predicted octanol–water partition coefficient (Wildman–Crippen LogP) is 8.61. The predicted molar refractivity (Wildman–Crippen MR) is 137 cm³/mol. The van der Waals surface area contributed by atoms with Gasteiger partial charge in [-0.15, -0.1) is 0 Å². The van der Waals surface area contributed by atoms with Crippen molar-refractivity contribution in [2.75, 3.05) is 6.61 Å². The van der Waals surface area contributed by atoms with Crippen LogP contribution in [0.2, 0.25) is 0 Å². The smallest absolute Gasteiger partial charge is 0.0434 e. The van der Waals surface area contributed by atoms with Crippen molar-refractivity contribution in [3.05, 3.63) is 65.3 Å². The minimum absolute atomic E-state index is 0.265. The lowest BCUT2D eigenvalue weighted by Crippen LogP contribution is -2.29. The average Bonchev–Trinajstić information content (AvgIpc) is 2.78. The number of aliphatic hydroxyl groups is 1. The van der Waals surface area contributed by atoms with Crippen LogP contribution in [0.25, 0.3) is 5.57 Å². The fourth-order valence-electron chi connectivity index (χ4n) is 5.61. The fourth-order valence-corrected chi connectivity index (χ4v) is 5.61. The van der Waals surface area contributed by atoms with Crippen LogP contribution in [0.15, 0.2) is 59.7 Å². The van der Waals surface area contributed by atoms with Crippen LogP contribution < -0.4 is 0 Å². The lowest BCUT2D eigenvalue weighted by atomic mass is 9.65. The maximum Gasteiger partial charge on any atom is 0.0434 e. The van der Waals surface area contributed by atoms with Crippen LogP contribution in [0, 0.1) is 23.7 Å². The van der Waals surface area contributed by atoms with Crippen LogP contribution in [0.1, 0.15) is 91.5 Å². The minimum atomic E-state index is 0.265. The number of benzene rings is 1. The molecule has 0 amide bonds. The second-order valence-electron chi connectivity index (χ2n) is 9.78. The first-order chi connectivity index (χ1) is 14.9. The van der Waals surface area contributed by atoms with Crippen molar-refractivity contribution >= 4 is 5.57 Å². The molecule has 1 N–H and O–H groups in total. The number of rotatable bonds is 12. The SMILES string of the molecule is C=C(CCCO)CCC1=CC(CC)[C@H](C)C(/C(=C(\C)c2ccccc2)[C@@H](C)CCC)C1. The van der Waals surface area contributed by atoms with Gasteiger partial charge in [0, 0.05) is 6.61 Å². The molecule has 31 heavy (non-hydrogen) atoms. The Labute approximate surface area is 192 Å². The first-order valence-electron chi connectivity index (χ1n) is 12.7. The molecule has 1 aliphatic rings. The highest BCUT2D eigenvalue weighted by Gasteiger charge is 2.34. The van der Waals surface area contributed by atoms with Gasteiger partial charge in [0.1, 0.15) is 0 Å². The Hall–Kier alpha value is -1.60. The van der Waals surface area contributed by atoms with Gasteiger partial charge in [-0.2, -0.15) is 0 Å². The second kappa shape index (κ2) is 13.1. The molecule has 0 spiro atoms. The summed E-state index contributed by atoms with van der Waals surface area (Å²) in [5, 5.41) is 9.11. The Morgan fingerprint density at radius 3 is 2.48 bits per heavy atom. The molecule has 1 heteroatoms. The van der Waals surface area contributed by atoms with E-state index in [-0.39, 0.29) is 6.61 Å². The van der Waals surface area contributed by atoms with E-state index >= 15 is 0 Å². The average molecular weight is 423 g/mol. The molecular weight excluding hydrogens is 376 g/mol. The van der Waals surface area contributed by atoms with Gasteiger partial charge < -0.3 is 5.11 Å². The molecule has 2 unspecified atom stereocenters. The van der Waals surface area contributed by atoms with E-state index in [0.29, 0.717) is 23.7 Å². The van der Waals surface area contributed by atoms with E-state index in [4.69, 9.17) is 5.11 Å². The zero-order valence-electron chi connectivity index (χ0n) is 20.8. The van der Waals surface area contributed by atoms with Gasteiger partial charge in [0.25, 0.3) is 0 Å². The minimum Gasteiger partial charge on any atom is -0.396 e. The van der Waals surface area contributed by atoms with E-state index in [1.807, 2.05) is 0 Å². The molecule has 1 nitrogen and oxygen atoms in total. The molecule has 4 atom stereocenters. The van der Waals surface area contributed by atoms with Crippen LogP contribution in [0.4, 0.5) is 0 Å². The fraction of sp³-hybridized carbons (Fsp3) is 0.600. The summed E-state index contributed by atoms with van der Waals surface area (Å²) in [7, 11) is 0. The molecule has 0 saturated heterocycles. The molecule has 1 aromatic rings. The molecule has 0 aliphatic heterocycles. The van der Waals surface area contributed by atoms with Crippen molar-refractivity contribution in [3.63, 3.8) is 0 Å². The lowest BCUT2D eigenvalue weighted by molar-refractivity contribution is 0.271. The van der Waals surface area contributed by atoms with Gasteiger partial charge >= 0.3 is 0 Å². The summed E-state index contributed by atoms with van der Waals surface area (Å²) < 4.78 is 0. The van der Waals surface area contributed by atoms with Crippen LogP contribution >= 0.6 is 0 Å². The van der Waals surface area contributed by atoms with Gasteiger partial charge in [0.2, 0.25) is 0 Å². The number of allylic oxidation sites excluding steroid dienone is 5. The number of aliphatic hydroxyl groups excluding tert-OH is 1. The lowest BCUT2D eigenvalue weighted by Gasteiger charge is -2.39. The quantitative estimate of drug-likeness (QED) is 0.334. The number of hydrogen-bond donors (Lipinski definition) is 1. The van der Waals surface area contributed by atoms with E-state index in [1.165, 1.54) is 42.4 Å². The second-order valence-corrected chi connectivity index (χ2v) is 9.78. The van der Waals surface area contributed by atoms with E-state index in [9.17, 15) is 0 Å². The summed E-state index contributed by atoms with van der Waals surface area (Å²) in [6, 6.07) is 11.0. The Bertz CT molecular complexity index is 739. The van der Waals surface area contributed by atoms with Crippen LogP contribution in [0.3, 0.4) is 0 Å². The molecule has 0 fully saturated rings. The Morgan fingerprint density at radius 1 is 1.16 bits per heavy atom. The van der Waals surface area contributed by atoms with Crippen molar-refractivity contribution in [1.82, 2.24) is 0 Å². The summed E-state index contributed by atoms with van der Waals surface area (Å²) in [5.74, 6) is 2.58. The third-order valence-corrected chi connectivity index (χ3v) is 7.49. The molecule has 0 aromatic heterocycles. The molecule has 1 aliphatic carbocycles. The summed E-state index contributed by atoms with van der Waals surface area (Å²) >= 11 is 0. The van der Waals surface area contributed by atoms with Crippen molar-refractivity contribution in [1.29, 1.82) is 0 Å². The maximum absolute atomic E-state index is 9.11. The maximum atomic E-state index is 9.11. The van der Waals surface area contributed by atoms with Crippen molar-refractivity contribution < 1.29 is 5.11 Å². The van der Waals surface area contributed by atoms with Crippen LogP contribution in [-0.2, 0) is 0 Å². The third-order valence-electron chi connectivity index (χ3n) is 7.49. The van der Waals surface area contributed by atoms with Gasteiger partial charge in [0.15, 0.2) is 0 Å². The summed E-state index contributed by atoms with van der Waals surface area (Å²) in [6.07, 6.45) is 11.5. The van der Waals surface area contributed by atoms with Crippen LogP contribution in [0.5, 0.6) is 0 Å². The first-order valence-corrected chi connectivity index (χ1v) is 12.7. The number of hydrogen-bond acceptors (Lipinski definition) is 1. The molecule has 0 bridgehead atoms. The van der Waals surface area contributed by atoms with Crippen LogP contribution in [-0.4, -0.2) is 11.7 Å². The van der Waals surface area contributed by atoms with Crippen molar-refractivity contribution in [2.45, 2.75) is 86.0 Å². The van der Waals surface area contributed by atoms with E-state index in [2.05, 4.69) is 77.6 Å². The normalized spacial score (nSPS) is 23.2. The van der Waals surface area contributed by atoms with Gasteiger partial charge in [-0.1, -0.05) is 93.8 Å². The Kier molecular flexibility index (Phi) is 10.8. The Balaban J connectivity index is 2.34. The third kappa shape index (κ3) is 7.21. The molecule has 0 heterocycles. The summed E-state index contributed by atoms with van der Waals surface area (Å²) in [4.78, 5) is 0. The highest BCUT2D eigenvalue weighted by Crippen LogP contribution is 2.46. The monoisotopic (exact) mass is 422 g/mol. The van der Waals surface area contributed by atoms with Crippen molar-refractivity contribution in [2.24, 2.45) is 23.7 Å². The molecular formula is C30H46O. The van der Waals surface area contributed by atoms with Gasteiger partial charge in [-0.25, -0.2) is 0 Å². The zero-order chi connectivity index (χ0) is 22.8. The van der Waals surface area contributed by atoms with Gasteiger partial charge in [-0.3, -0.25) is 0 Å². The van der Waals surface area contributed by atoms with Crippen molar-refractivity contribution in [3.8, 4) is 0 Å². The van der Waals surface area contributed by atoms with E-state index in [0.717, 1.165) is 25.7 Å². The molecule has 172 valence electrons. The first kappa shape index (κ1) is 25.7. The Morgan fingerprint density at radius 2 is 1.87 bits per heavy atom. The van der Waals surface area contributed by atoms with Gasteiger partial charge in [-0.05, 0) is 86.7 Å². The standard InChI is InChI=1S/C30H46O/c1-7-13-23(4)30(25(6)28-15-10-9-11-16-28)29-21-26(20-27(8-2)24(29)5)18-17-22(3)14-12-19-31/h9-11,15-16,20,23-24,27,29,31H,3,7-8,12-14,17-19,21H2,1-2,4-6H3/b30-25+/t23-,24-,27?,29?/m0/s1. The topological polar surface area (TPSA) is 20.2 Å². The highest BCUT2D eigenvalue weighted by atomic mass is 16.2. The summed E-state index contributed by atoms with van der Waals surface area (Å²) in [5.41, 5.74) is 7.50. The molecule has 2 rings (SSSR count). The highest BCUT2D eigenvalue weighted by molar-refractivity contribution is 5.68. The summed E-state index contributed by atoms with van der Waals surface area (Å²) in [6.45, 7) is 16.5. The van der Waals surface area contributed by atoms with Gasteiger partial charge in [0.05, 0.1) is 0 Å². The molecule has 0 saturated carbocycles. The van der Waals surface area contributed by atoms with E-state index in [1.54, 1.807) is 11.1 Å². The zero-order valence-corrected chi connectivity index (χ0v) is 20.8.